The van der Waals surface area contributed by atoms with Gasteiger partial charge in [-0.3, -0.25) is 19.7 Å². The molecule has 1 aliphatic rings. The van der Waals surface area contributed by atoms with Crippen LogP contribution in [-0.4, -0.2) is 38.5 Å². The van der Waals surface area contributed by atoms with Crippen molar-refractivity contribution in [1.82, 2.24) is 14.9 Å². The lowest BCUT2D eigenvalue weighted by molar-refractivity contribution is -0.144. The van der Waals surface area contributed by atoms with Crippen LogP contribution in [0.5, 0.6) is 23.0 Å². The van der Waals surface area contributed by atoms with Gasteiger partial charge in [-0.25, -0.2) is 0 Å². The number of halogens is 2. The Kier molecular flexibility index (Phi) is 15.0. The number of hydrogen-bond donors (Lipinski definition) is 1. The van der Waals surface area contributed by atoms with Crippen LogP contribution in [0.3, 0.4) is 0 Å². The van der Waals surface area contributed by atoms with Gasteiger partial charge in [0.05, 0.1) is 21.2 Å². The van der Waals surface area contributed by atoms with E-state index < -0.39 is 12.0 Å². The number of piperidine rings is 1. The average molecular weight is 897 g/mol. The lowest BCUT2D eigenvalue weighted by atomic mass is 9.92. The molecular weight excluding hydrogens is 849 g/mol. The molecule has 7 rings (SSSR count). The zero-order chi connectivity index (χ0) is 45.2. The summed E-state index contributed by atoms with van der Waals surface area (Å²) in [6, 6.07) is 26.6. The Hall–Kier alpha value is -6.63. The van der Waals surface area contributed by atoms with Gasteiger partial charge in [0.15, 0.2) is 0 Å². The van der Waals surface area contributed by atoms with E-state index in [-0.39, 0.29) is 26.4 Å². The average Bonchev–Trinajstić information content (AvgIpc) is 3.31. The fourth-order valence-electron chi connectivity index (χ4n) is 7.87. The molecule has 13 heteroatoms. The smallest absolute Gasteiger partial charge is 0.320 e. The summed E-state index contributed by atoms with van der Waals surface area (Å²) >= 11 is 13.6. The van der Waals surface area contributed by atoms with E-state index in [1.165, 1.54) is 12.4 Å². The topological polar surface area (TPSA) is 151 Å². The Bertz CT molecular complexity index is 2750. The second-order valence-corrected chi connectivity index (χ2v) is 16.5. The molecule has 0 amide bonds. The summed E-state index contributed by atoms with van der Waals surface area (Å²) in [4.78, 5) is 22.4. The van der Waals surface area contributed by atoms with E-state index in [4.69, 9.17) is 42.1 Å². The first-order chi connectivity index (χ1) is 31.0. The number of nitriles is 2. The molecule has 0 aliphatic carbocycles. The van der Waals surface area contributed by atoms with Gasteiger partial charge in [0.25, 0.3) is 0 Å². The van der Waals surface area contributed by atoms with Crippen LogP contribution in [-0.2, 0) is 44.2 Å². The van der Waals surface area contributed by atoms with Gasteiger partial charge in [0.2, 0.25) is 0 Å². The van der Waals surface area contributed by atoms with Crippen LogP contribution in [0.25, 0.3) is 11.1 Å². The predicted octanol–water partition coefficient (Wildman–Crippen LogP) is 11.1. The van der Waals surface area contributed by atoms with Crippen molar-refractivity contribution in [3.05, 3.63) is 163 Å². The number of ether oxygens (including phenoxy) is 4. The molecule has 1 N–H and O–H groups in total. The van der Waals surface area contributed by atoms with Crippen LogP contribution in [0.1, 0.15) is 81.8 Å². The van der Waals surface area contributed by atoms with Gasteiger partial charge in [-0.2, -0.15) is 10.5 Å². The fraction of sp³-hybridized carbons (Fsp3) is 0.275. The summed E-state index contributed by atoms with van der Waals surface area (Å²) in [6.07, 6.45) is 9.37. The van der Waals surface area contributed by atoms with E-state index in [0.717, 1.165) is 62.9 Å². The van der Waals surface area contributed by atoms with Crippen LogP contribution < -0.4 is 18.9 Å². The summed E-state index contributed by atoms with van der Waals surface area (Å²) in [5, 5.41) is 29.5. The summed E-state index contributed by atoms with van der Waals surface area (Å²) < 4.78 is 25.3. The number of hydrogen-bond acceptors (Lipinski definition) is 10. The van der Waals surface area contributed by atoms with Crippen molar-refractivity contribution in [2.75, 3.05) is 6.54 Å². The van der Waals surface area contributed by atoms with Gasteiger partial charge in [-0.1, -0.05) is 72.9 Å². The third-order valence-electron chi connectivity index (χ3n) is 11.5. The minimum absolute atomic E-state index is 0.135. The maximum absolute atomic E-state index is 12.1. The van der Waals surface area contributed by atoms with Crippen molar-refractivity contribution >= 4 is 29.2 Å². The molecule has 6 aromatic rings. The number of aryl methyl sites for hydroxylation is 1. The highest BCUT2D eigenvalue weighted by atomic mass is 35.5. The standard InChI is InChI=1S/C51H47Cl2N5O6/c1-4-38-17-44(52)49(19-47(38)61-28-36-15-34(21-54)23-56-25-36)63-30-39-9-7-11-42(32(39)2)43-12-8-10-40(33(43)3)31-64-50-20-48(62-29-37-16-35(22-55)24-57-26-37)41(18-45(50)53)27-58-14-6-5-13-46(58)51(59)60/h7-12,15-20,23-26,46H,4-6,13-14,27-31H2,1-3H3,(H,59,60)/t46-/m0/s1. The van der Waals surface area contributed by atoms with Gasteiger partial charge < -0.3 is 24.1 Å². The number of aromatic nitrogens is 2. The molecule has 0 spiro atoms. The molecule has 0 unspecified atom stereocenters. The molecule has 0 saturated carbocycles. The summed E-state index contributed by atoms with van der Waals surface area (Å²) in [7, 11) is 0. The fourth-order valence-corrected chi connectivity index (χ4v) is 8.35. The molecule has 3 heterocycles. The zero-order valence-electron chi connectivity index (χ0n) is 35.9. The molecular formula is C51H47Cl2N5O6. The third kappa shape index (κ3) is 10.9. The first kappa shape index (κ1) is 45.4. The van der Waals surface area contributed by atoms with E-state index in [0.29, 0.717) is 75.7 Å². The lowest BCUT2D eigenvalue weighted by Crippen LogP contribution is -2.44. The molecule has 0 radical (unpaired) electrons. The Balaban J connectivity index is 1.08. The Morgan fingerprint density at radius 3 is 1.69 bits per heavy atom. The van der Waals surface area contributed by atoms with Crippen molar-refractivity contribution in [1.29, 1.82) is 10.5 Å². The molecule has 0 bridgehead atoms. The molecule has 1 aliphatic heterocycles. The van der Waals surface area contributed by atoms with Crippen molar-refractivity contribution in [3.63, 3.8) is 0 Å². The molecule has 11 nitrogen and oxygen atoms in total. The molecule has 1 atom stereocenters. The highest BCUT2D eigenvalue weighted by Gasteiger charge is 2.29. The van der Waals surface area contributed by atoms with E-state index in [1.807, 2.05) is 48.2 Å². The van der Waals surface area contributed by atoms with Crippen molar-refractivity contribution in [3.8, 4) is 46.3 Å². The van der Waals surface area contributed by atoms with Crippen LogP contribution >= 0.6 is 23.2 Å². The second kappa shape index (κ2) is 21.2. The normalized spacial score (nSPS) is 13.7. The maximum Gasteiger partial charge on any atom is 0.320 e. The Morgan fingerprint density at radius 2 is 1.19 bits per heavy atom. The van der Waals surface area contributed by atoms with E-state index in [2.05, 4.69) is 48.1 Å². The number of pyridine rings is 2. The van der Waals surface area contributed by atoms with Gasteiger partial charge in [0.1, 0.15) is 67.6 Å². The highest BCUT2D eigenvalue weighted by molar-refractivity contribution is 6.32. The quantitative estimate of drug-likeness (QED) is 0.0931. The Morgan fingerprint density at radius 1 is 0.688 bits per heavy atom. The molecule has 326 valence electrons. The molecule has 64 heavy (non-hydrogen) atoms. The number of carboxylic acid groups (broad SMARTS) is 1. The van der Waals surface area contributed by atoms with Crippen LogP contribution in [0.4, 0.5) is 0 Å². The van der Waals surface area contributed by atoms with Gasteiger partial charge in [-0.05, 0) is 103 Å². The summed E-state index contributed by atoms with van der Waals surface area (Å²) in [5.74, 6) is 1.22. The predicted molar refractivity (Wildman–Crippen MR) is 245 cm³/mol. The van der Waals surface area contributed by atoms with Crippen molar-refractivity contribution < 1.29 is 28.8 Å². The van der Waals surface area contributed by atoms with Crippen LogP contribution in [0.2, 0.25) is 10.0 Å². The third-order valence-corrected chi connectivity index (χ3v) is 12.1. The van der Waals surface area contributed by atoms with E-state index >= 15 is 0 Å². The number of benzene rings is 4. The van der Waals surface area contributed by atoms with Crippen LogP contribution in [0, 0.1) is 36.5 Å². The summed E-state index contributed by atoms with van der Waals surface area (Å²) in [6.45, 7) is 8.02. The number of carbonyl (C=O) groups is 1. The first-order valence-electron chi connectivity index (χ1n) is 21.0. The van der Waals surface area contributed by atoms with Crippen LogP contribution in [0.15, 0.2) is 97.6 Å². The van der Waals surface area contributed by atoms with Crippen molar-refractivity contribution in [2.45, 2.75) is 85.5 Å². The first-order valence-corrected chi connectivity index (χ1v) is 21.8. The number of aliphatic carboxylic acids is 1. The highest BCUT2D eigenvalue weighted by Crippen LogP contribution is 2.38. The number of carboxylic acids is 1. The van der Waals surface area contributed by atoms with E-state index in [9.17, 15) is 20.4 Å². The monoisotopic (exact) mass is 895 g/mol. The SMILES string of the molecule is CCc1cc(Cl)c(OCc2cccc(-c3cccc(COc4cc(OCc5cncc(C#N)c5)c(CN5CCCC[C@H]5C(=O)O)cc4Cl)c3C)c2C)cc1OCc1cncc(C#N)c1. The largest absolute Gasteiger partial charge is 0.488 e. The molecule has 4 aromatic carbocycles. The van der Waals surface area contributed by atoms with Gasteiger partial charge in [0, 0.05) is 60.2 Å². The van der Waals surface area contributed by atoms with E-state index in [1.54, 1.807) is 36.7 Å². The minimum Gasteiger partial charge on any atom is -0.488 e. The molecule has 2 aromatic heterocycles. The number of rotatable bonds is 17. The number of likely N-dealkylation sites (tertiary alicyclic amines) is 1. The molecule has 1 fully saturated rings. The van der Waals surface area contributed by atoms with Gasteiger partial charge >= 0.3 is 5.97 Å². The number of nitrogens with zero attached hydrogens (tertiary/aromatic N) is 5. The zero-order valence-corrected chi connectivity index (χ0v) is 37.4. The minimum atomic E-state index is -0.848. The summed E-state index contributed by atoms with van der Waals surface area (Å²) in [5.41, 5.74) is 10.2. The van der Waals surface area contributed by atoms with Gasteiger partial charge in [-0.15, -0.1) is 0 Å². The maximum atomic E-state index is 12.1. The Labute approximate surface area is 383 Å². The van der Waals surface area contributed by atoms with Crippen molar-refractivity contribution in [2.24, 2.45) is 0 Å². The second-order valence-electron chi connectivity index (χ2n) is 15.7. The lowest BCUT2D eigenvalue weighted by Gasteiger charge is -2.33. The molecule has 1 saturated heterocycles.